The highest BCUT2D eigenvalue weighted by Crippen LogP contribution is 2.16. The van der Waals surface area contributed by atoms with Crippen LogP contribution in [0.2, 0.25) is 0 Å². The van der Waals surface area contributed by atoms with Crippen LogP contribution in [0.25, 0.3) is 0 Å². The fourth-order valence-electron chi connectivity index (χ4n) is 2.87. The molecule has 1 amide bonds. The highest BCUT2D eigenvalue weighted by atomic mass is 16.5. The first-order chi connectivity index (χ1) is 12.2. The van der Waals surface area contributed by atoms with E-state index < -0.39 is 0 Å². The number of nitrogens with one attached hydrogen (secondary N) is 2. The van der Waals surface area contributed by atoms with Gasteiger partial charge >= 0.3 is 0 Å². The number of rotatable bonds is 7. The molecule has 1 aromatic heterocycles. The van der Waals surface area contributed by atoms with E-state index in [0.717, 1.165) is 37.2 Å². The molecule has 1 aliphatic heterocycles. The zero-order chi connectivity index (χ0) is 17.5. The summed E-state index contributed by atoms with van der Waals surface area (Å²) in [5, 5.41) is 9.74. The quantitative estimate of drug-likeness (QED) is 0.755. The fraction of sp³-hybridized carbons (Fsp3) is 0.500. The molecular weight excluding hydrogens is 318 g/mol. The van der Waals surface area contributed by atoms with Crippen LogP contribution in [0.1, 0.15) is 37.7 Å². The Morgan fingerprint density at radius 3 is 2.96 bits per heavy atom. The summed E-state index contributed by atoms with van der Waals surface area (Å²) in [6, 6.07) is 7.89. The molecule has 0 spiro atoms. The molecule has 2 N–H and O–H groups in total. The number of nitrogens with zero attached hydrogens (tertiary/aromatic N) is 3. The minimum Gasteiger partial charge on any atom is -0.494 e. The molecule has 1 fully saturated rings. The van der Waals surface area contributed by atoms with Gasteiger partial charge in [-0.2, -0.15) is 4.98 Å². The number of aromatic amines is 1. The lowest BCUT2D eigenvalue weighted by Gasteiger charge is -2.24. The molecule has 1 aliphatic rings. The largest absolute Gasteiger partial charge is 0.494 e. The Hall–Kier alpha value is -2.57. The van der Waals surface area contributed by atoms with Crippen molar-refractivity contribution in [2.75, 3.05) is 29.9 Å². The number of aromatic nitrogens is 3. The van der Waals surface area contributed by atoms with E-state index in [1.54, 1.807) is 0 Å². The lowest BCUT2D eigenvalue weighted by molar-refractivity contribution is -0.116. The first-order valence-electron chi connectivity index (χ1n) is 8.87. The maximum Gasteiger partial charge on any atom is 0.246 e. The molecular formula is C18H25N5O2. The number of amides is 1. The summed E-state index contributed by atoms with van der Waals surface area (Å²) >= 11 is 0. The normalized spacial score (nSPS) is 14.4. The zero-order valence-corrected chi connectivity index (χ0v) is 14.6. The van der Waals surface area contributed by atoms with Crippen LogP contribution in [-0.4, -0.2) is 40.8 Å². The number of ether oxygens (including phenoxy) is 1. The molecule has 25 heavy (non-hydrogen) atoms. The predicted octanol–water partition coefficient (Wildman–Crippen LogP) is 2.90. The van der Waals surface area contributed by atoms with E-state index in [-0.39, 0.29) is 5.91 Å². The van der Waals surface area contributed by atoms with Crippen molar-refractivity contribution in [3.05, 3.63) is 29.8 Å². The van der Waals surface area contributed by atoms with Crippen LogP contribution < -0.4 is 15.0 Å². The Balaban J connectivity index is 1.38. The summed E-state index contributed by atoms with van der Waals surface area (Å²) in [7, 11) is 0. The summed E-state index contributed by atoms with van der Waals surface area (Å²) in [5.41, 5.74) is 1.16. The van der Waals surface area contributed by atoms with Gasteiger partial charge in [0.2, 0.25) is 17.8 Å². The molecule has 3 rings (SSSR count). The Morgan fingerprint density at radius 1 is 1.32 bits per heavy atom. The van der Waals surface area contributed by atoms with Crippen molar-refractivity contribution in [2.45, 2.75) is 39.0 Å². The number of hydrogen-bond donors (Lipinski definition) is 2. The third-order valence-corrected chi connectivity index (χ3v) is 4.18. The van der Waals surface area contributed by atoms with Crippen molar-refractivity contribution in [3.63, 3.8) is 0 Å². The van der Waals surface area contributed by atoms with Gasteiger partial charge in [-0.05, 0) is 50.3 Å². The summed E-state index contributed by atoms with van der Waals surface area (Å²) in [6.07, 6.45) is 4.61. The molecule has 1 aromatic carbocycles. The van der Waals surface area contributed by atoms with E-state index in [2.05, 4.69) is 25.4 Å². The van der Waals surface area contributed by atoms with Crippen LogP contribution in [0.3, 0.4) is 0 Å². The van der Waals surface area contributed by atoms with Crippen molar-refractivity contribution in [3.8, 4) is 5.75 Å². The Labute approximate surface area is 147 Å². The lowest BCUT2D eigenvalue weighted by Crippen LogP contribution is -2.30. The smallest absolute Gasteiger partial charge is 0.246 e. The minimum absolute atomic E-state index is 0.0887. The average molecular weight is 343 g/mol. The molecule has 0 atom stereocenters. The molecule has 134 valence electrons. The Morgan fingerprint density at radius 2 is 2.16 bits per heavy atom. The second-order valence-corrected chi connectivity index (χ2v) is 6.35. The number of H-pyrrole nitrogens is 1. The molecule has 2 aromatic rings. The predicted molar refractivity (Wildman–Crippen MR) is 97.0 cm³/mol. The number of aryl methyl sites for hydroxylation is 1. The number of anilines is 2. The van der Waals surface area contributed by atoms with Crippen molar-refractivity contribution in [1.82, 2.24) is 15.2 Å². The van der Waals surface area contributed by atoms with Gasteiger partial charge in [0.25, 0.3) is 0 Å². The fourth-order valence-corrected chi connectivity index (χ4v) is 2.87. The molecule has 0 bridgehead atoms. The standard InChI is InChI=1S/C18H25N5O2/c1-14-7-5-8-15(13-14)25-12-6-9-16(24)19-17-20-18(22-21-17)23-10-3-2-4-11-23/h5,7-8,13H,2-4,6,9-12H2,1H3,(H2,19,20,21,22,24). The lowest BCUT2D eigenvalue weighted by atomic mass is 10.1. The van der Waals surface area contributed by atoms with E-state index in [9.17, 15) is 4.79 Å². The van der Waals surface area contributed by atoms with Gasteiger partial charge in [0.05, 0.1) is 6.61 Å². The van der Waals surface area contributed by atoms with Gasteiger partial charge in [0, 0.05) is 19.5 Å². The van der Waals surface area contributed by atoms with Gasteiger partial charge in [-0.3, -0.25) is 10.1 Å². The molecule has 7 nitrogen and oxygen atoms in total. The van der Waals surface area contributed by atoms with Gasteiger partial charge in [0.15, 0.2) is 0 Å². The first-order valence-corrected chi connectivity index (χ1v) is 8.87. The molecule has 0 radical (unpaired) electrons. The Kier molecular flexibility index (Phi) is 5.87. The maximum absolute atomic E-state index is 12.0. The van der Waals surface area contributed by atoms with E-state index in [1.165, 1.54) is 6.42 Å². The second kappa shape index (κ2) is 8.50. The molecule has 0 aliphatic carbocycles. The van der Waals surface area contributed by atoms with Crippen LogP contribution in [0.15, 0.2) is 24.3 Å². The highest BCUT2D eigenvalue weighted by Gasteiger charge is 2.16. The summed E-state index contributed by atoms with van der Waals surface area (Å²) in [6.45, 7) is 4.48. The number of carbonyl (C=O) groups is 1. The first kappa shape index (κ1) is 17.3. The number of piperidine rings is 1. The van der Waals surface area contributed by atoms with Crippen LogP contribution in [-0.2, 0) is 4.79 Å². The molecule has 0 saturated carbocycles. The van der Waals surface area contributed by atoms with Crippen LogP contribution in [0, 0.1) is 6.92 Å². The van der Waals surface area contributed by atoms with Crippen molar-refractivity contribution < 1.29 is 9.53 Å². The van der Waals surface area contributed by atoms with E-state index in [0.29, 0.717) is 31.3 Å². The average Bonchev–Trinajstić information content (AvgIpc) is 3.08. The third kappa shape index (κ3) is 5.20. The van der Waals surface area contributed by atoms with Crippen LogP contribution in [0.5, 0.6) is 5.75 Å². The molecule has 2 heterocycles. The van der Waals surface area contributed by atoms with Gasteiger partial charge in [-0.15, -0.1) is 5.10 Å². The minimum atomic E-state index is -0.0887. The van der Waals surface area contributed by atoms with Gasteiger partial charge in [-0.1, -0.05) is 12.1 Å². The van der Waals surface area contributed by atoms with E-state index in [1.807, 2.05) is 31.2 Å². The second-order valence-electron chi connectivity index (χ2n) is 6.35. The van der Waals surface area contributed by atoms with Crippen LogP contribution >= 0.6 is 0 Å². The van der Waals surface area contributed by atoms with Crippen molar-refractivity contribution in [1.29, 1.82) is 0 Å². The van der Waals surface area contributed by atoms with Crippen molar-refractivity contribution >= 4 is 17.8 Å². The summed E-state index contributed by atoms with van der Waals surface area (Å²) in [5.74, 6) is 1.82. The zero-order valence-electron chi connectivity index (χ0n) is 14.6. The molecule has 1 saturated heterocycles. The van der Waals surface area contributed by atoms with Crippen molar-refractivity contribution in [2.24, 2.45) is 0 Å². The van der Waals surface area contributed by atoms with Gasteiger partial charge < -0.3 is 9.64 Å². The number of benzene rings is 1. The summed E-state index contributed by atoms with van der Waals surface area (Å²) in [4.78, 5) is 18.5. The van der Waals surface area contributed by atoms with Gasteiger partial charge in [0.1, 0.15) is 5.75 Å². The third-order valence-electron chi connectivity index (χ3n) is 4.18. The molecule has 7 heteroatoms. The van der Waals surface area contributed by atoms with E-state index in [4.69, 9.17) is 4.74 Å². The SMILES string of the molecule is Cc1cccc(OCCCC(=O)Nc2nc(N3CCCCC3)n[nH]2)c1. The Bertz CT molecular complexity index is 694. The maximum atomic E-state index is 12.0. The number of hydrogen-bond acceptors (Lipinski definition) is 5. The topological polar surface area (TPSA) is 83.1 Å². The summed E-state index contributed by atoms with van der Waals surface area (Å²) < 4.78 is 5.65. The van der Waals surface area contributed by atoms with Gasteiger partial charge in [-0.25, -0.2) is 5.10 Å². The highest BCUT2D eigenvalue weighted by molar-refractivity contribution is 5.88. The number of carbonyl (C=O) groups excluding carboxylic acids is 1. The molecule has 0 unspecified atom stereocenters. The van der Waals surface area contributed by atoms with Crippen LogP contribution in [0.4, 0.5) is 11.9 Å². The monoisotopic (exact) mass is 343 g/mol. The van der Waals surface area contributed by atoms with E-state index >= 15 is 0 Å².